The van der Waals surface area contributed by atoms with Crippen molar-refractivity contribution in [3.05, 3.63) is 35.3 Å². The molecule has 0 radical (unpaired) electrons. The van der Waals surface area contributed by atoms with Crippen LogP contribution in [-0.2, 0) is 0 Å². The van der Waals surface area contributed by atoms with Gasteiger partial charge in [0.25, 0.3) is 5.91 Å². The summed E-state index contributed by atoms with van der Waals surface area (Å²) in [5.74, 6) is 0.883. The number of carbonyl (C=O) groups is 1. The smallest absolute Gasteiger partial charge is 0.270 e. The standard InChI is InChI=1S/C18H24N2O3S/c1-12(2)23-15-6-4-14(5-7-15)18-20-16(11-24-18)17(22)19-10-13(3)8-9-21/h4-7,11-13,21H,8-10H2,1-3H3,(H,19,22). The second kappa shape index (κ2) is 8.80. The summed E-state index contributed by atoms with van der Waals surface area (Å²) < 4.78 is 5.62. The van der Waals surface area contributed by atoms with Crippen LogP contribution in [-0.4, -0.2) is 35.3 Å². The Balaban J connectivity index is 1.98. The predicted molar refractivity (Wildman–Crippen MR) is 96.5 cm³/mol. The molecule has 0 bridgehead atoms. The van der Waals surface area contributed by atoms with E-state index in [-0.39, 0.29) is 24.5 Å². The summed E-state index contributed by atoms with van der Waals surface area (Å²) >= 11 is 1.44. The number of aliphatic hydroxyl groups is 1. The number of hydrogen-bond acceptors (Lipinski definition) is 5. The van der Waals surface area contributed by atoms with E-state index in [1.165, 1.54) is 11.3 Å². The van der Waals surface area contributed by atoms with Gasteiger partial charge in [0.1, 0.15) is 16.5 Å². The number of rotatable bonds is 8. The molecule has 0 saturated carbocycles. The van der Waals surface area contributed by atoms with Crippen LogP contribution in [0.5, 0.6) is 5.75 Å². The van der Waals surface area contributed by atoms with Crippen molar-refractivity contribution >= 4 is 17.2 Å². The second-order valence-electron chi connectivity index (χ2n) is 6.06. The first kappa shape index (κ1) is 18.4. The van der Waals surface area contributed by atoms with Crippen LogP contribution in [0.15, 0.2) is 29.6 Å². The highest BCUT2D eigenvalue weighted by atomic mass is 32.1. The fourth-order valence-corrected chi connectivity index (χ4v) is 2.95. The lowest BCUT2D eigenvalue weighted by molar-refractivity contribution is 0.0941. The van der Waals surface area contributed by atoms with Crippen LogP contribution in [0.4, 0.5) is 0 Å². The van der Waals surface area contributed by atoms with Crippen LogP contribution < -0.4 is 10.1 Å². The number of thiazole rings is 1. The molecule has 2 N–H and O–H groups in total. The fourth-order valence-electron chi connectivity index (χ4n) is 2.14. The lowest BCUT2D eigenvalue weighted by Crippen LogP contribution is -2.28. The van der Waals surface area contributed by atoms with E-state index in [0.717, 1.165) is 16.3 Å². The van der Waals surface area contributed by atoms with Gasteiger partial charge >= 0.3 is 0 Å². The molecule has 130 valence electrons. The molecular weight excluding hydrogens is 324 g/mol. The average Bonchev–Trinajstić information content (AvgIpc) is 3.03. The van der Waals surface area contributed by atoms with Crippen LogP contribution in [0.1, 0.15) is 37.7 Å². The molecule has 0 saturated heterocycles. The molecule has 1 aromatic heterocycles. The number of nitrogens with one attached hydrogen (secondary N) is 1. The Morgan fingerprint density at radius 3 is 2.62 bits per heavy atom. The van der Waals surface area contributed by atoms with Crippen molar-refractivity contribution < 1.29 is 14.6 Å². The van der Waals surface area contributed by atoms with Gasteiger partial charge in [0.05, 0.1) is 6.10 Å². The number of benzene rings is 1. The largest absolute Gasteiger partial charge is 0.491 e. The van der Waals surface area contributed by atoms with Crippen molar-refractivity contribution in [1.29, 1.82) is 0 Å². The molecule has 1 atom stereocenters. The third kappa shape index (κ3) is 5.32. The van der Waals surface area contributed by atoms with Gasteiger partial charge in [-0.15, -0.1) is 11.3 Å². The van der Waals surface area contributed by atoms with Crippen LogP contribution in [0.2, 0.25) is 0 Å². The normalized spacial score (nSPS) is 12.2. The zero-order chi connectivity index (χ0) is 17.5. The molecule has 0 aliphatic carbocycles. The van der Waals surface area contributed by atoms with Crippen molar-refractivity contribution in [2.24, 2.45) is 5.92 Å². The molecule has 1 amide bonds. The summed E-state index contributed by atoms with van der Waals surface area (Å²) in [5, 5.41) is 14.3. The Morgan fingerprint density at radius 1 is 1.29 bits per heavy atom. The molecule has 1 aromatic carbocycles. The van der Waals surface area contributed by atoms with Gasteiger partial charge in [-0.05, 0) is 50.5 Å². The van der Waals surface area contributed by atoms with Gasteiger partial charge in [-0.25, -0.2) is 4.98 Å². The maximum Gasteiger partial charge on any atom is 0.270 e. The maximum atomic E-state index is 12.1. The van der Waals surface area contributed by atoms with Gasteiger partial charge in [0.2, 0.25) is 0 Å². The van der Waals surface area contributed by atoms with Gasteiger partial charge < -0.3 is 15.2 Å². The first-order valence-corrected chi connectivity index (χ1v) is 8.99. The van der Waals surface area contributed by atoms with Crippen LogP contribution in [0.25, 0.3) is 10.6 Å². The van der Waals surface area contributed by atoms with Gasteiger partial charge in [0.15, 0.2) is 0 Å². The van der Waals surface area contributed by atoms with Crippen molar-refractivity contribution in [3.63, 3.8) is 0 Å². The maximum absolute atomic E-state index is 12.1. The summed E-state index contributed by atoms with van der Waals surface area (Å²) in [6.45, 7) is 6.63. The molecule has 0 aliphatic rings. The monoisotopic (exact) mass is 348 g/mol. The number of aromatic nitrogens is 1. The summed E-state index contributed by atoms with van der Waals surface area (Å²) in [6.07, 6.45) is 0.812. The van der Waals surface area contributed by atoms with E-state index < -0.39 is 0 Å². The fraction of sp³-hybridized carbons (Fsp3) is 0.444. The van der Waals surface area contributed by atoms with Crippen LogP contribution in [0, 0.1) is 5.92 Å². The average molecular weight is 348 g/mol. The quantitative estimate of drug-likeness (QED) is 0.767. The molecule has 2 aromatic rings. The Morgan fingerprint density at radius 2 is 2.00 bits per heavy atom. The second-order valence-corrected chi connectivity index (χ2v) is 6.91. The van der Waals surface area contributed by atoms with E-state index >= 15 is 0 Å². The molecule has 2 rings (SSSR count). The Kier molecular flexibility index (Phi) is 6.75. The van der Waals surface area contributed by atoms with Crippen molar-refractivity contribution in [1.82, 2.24) is 10.3 Å². The first-order valence-electron chi connectivity index (χ1n) is 8.11. The van der Waals surface area contributed by atoms with Crippen molar-refractivity contribution in [3.8, 4) is 16.3 Å². The molecule has 0 aliphatic heterocycles. The van der Waals surface area contributed by atoms with E-state index in [4.69, 9.17) is 9.84 Å². The van der Waals surface area contributed by atoms with E-state index in [9.17, 15) is 4.79 Å². The molecule has 6 heteroatoms. The van der Waals surface area contributed by atoms with E-state index in [1.54, 1.807) is 5.38 Å². The van der Waals surface area contributed by atoms with Crippen molar-refractivity contribution in [2.45, 2.75) is 33.3 Å². The highest BCUT2D eigenvalue weighted by molar-refractivity contribution is 7.13. The minimum Gasteiger partial charge on any atom is -0.491 e. The third-order valence-corrected chi connectivity index (χ3v) is 4.33. The molecule has 24 heavy (non-hydrogen) atoms. The summed E-state index contributed by atoms with van der Waals surface area (Å²) in [7, 11) is 0. The summed E-state index contributed by atoms with van der Waals surface area (Å²) in [5.41, 5.74) is 1.39. The molecule has 0 spiro atoms. The third-order valence-electron chi connectivity index (χ3n) is 3.44. The molecule has 5 nitrogen and oxygen atoms in total. The lowest BCUT2D eigenvalue weighted by Gasteiger charge is -2.10. The topological polar surface area (TPSA) is 71.5 Å². The Labute approximate surface area is 146 Å². The lowest BCUT2D eigenvalue weighted by atomic mass is 10.1. The minimum atomic E-state index is -0.179. The SMILES string of the molecule is CC(CCO)CNC(=O)c1csc(-c2ccc(OC(C)C)cc2)n1. The highest BCUT2D eigenvalue weighted by Crippen LogP contribution is 2.26. The van der Waals surface area contributed by atoms with Gasteiger partial charge in [-0.1, -0.05) is 6.92 Å². The number of carbonyl (C=O) groups excluding carboxylic acids is 1. The van der Waals surface area contributed by atoms with Crippen LogP contribution >= 0.6 is 11.3 Å². The molecule has 1 unspecified atom stereocenters. The number of amides is 1. The number of aliphatic hydroxyl groups excluding tert-OH is 1. The summed E-state index contributed by atoms with van der Waals surface area (Å²) in [4.78, 5) is 16.5. The van der Waals surface area contributed by atoms with Crippen LogP contribution in [0.3, 0.4) is 0 Å². The molecular formula is C18H24N2O3S. The van der Waals surface area contributed by atoms with Gasteiger partial charge in [0, 0.05) is 24.1 Å². The minimum absolute atomic E-state index is 0.133. The van der Waals surface area contributed by atoms with Gasteiger partial charge in [-0.2, -0.15) is 0 Å². The van der Waals surface area contributed by atoms with Crippen molar-refractivity contribution in [2.75, 3.05) is 13.2 Å². The molecule has 1 heterocycles. The van der Waals surface area contributed by atoms with Gasteiger partial charge in [-0.3, -0.25) is 4.79 Å². The number of ether oxygens (including phenoxy) is 1. The molecule has 0 fully saturated rings. The Hall–Kier alpha value is -1.92. The zero-order valence-electron chi connectivity index (χ0n) is 14.3. The van der Waals surface area contributed by atoms with E-state index in [1.807, 2.05) is 45.0 Å². The van der Waals surface area contributed by atoms with E-state index in [2.05, 4.69) is 10.3 Å². The first-order chi connectivity index (χ1) is 11.5. The number of hydrogen-bond donors (Lipinski definition) is 2. The predicted octanol–water partition coefficient (Wildman–Crippen LogP) is 3.35. The highest BCUT2D eigenvalue weighted by Gasteiger charge is 2.13. The number of nitrogens with zero attached hydrogens (tertiary/aromatic N) is 1. The Bertz CT molecular complexity index is 653. The zero-order valence-corrected chi connectivity index (χ0v) is 15.1. The van der Waals surface area contributed by atoms with E-state index in [0.29, 0.717) is 18.7 Å². The summed E-state index contributed by atoms with van der Waals surface area (Å²) in [6, 6.07) is 7.71.